The fourth-order valence-corrected chi connectivity index (χ4v) is 0.512. The quantitative estimate of drug-likeness (QED) is 0.419. The normalized spacial score (nSPS) is 18.0. The lowest BCUT2D eigenvalue weighted by Crippen LogP contribution is -2.32. The van der Waals surface area contributed by atoms with Gasteiger partial charge in [-0.1, -0.05) is 0 Å². The number of hydrogen-bond acceptors (Lipinski definition) is 3. The number of Topliss-reactive ketones (excluding diaryl/α,β-unsaturated/α-hetero) is 1. The van der Waals surface area contributed by atoms with Gasteiger partial charge in [0.1, 0.15) is 5.97 Å². The average molecular weight is 113 g/mol. The first-order chi connectivity index (χ1) is 3.72. The summed E-state index contributed by atoms with van der Waals surface area (Å²) in [5.74, 6) is -2.47. The lowest BCUT2D eigenvalue weighted by atomic mass is 10.3. The van der Waals surface area contributed by atoms with Crippen LogP contribution in [0.15, 0.2) is 0 Å². The third kappa shape index (κ3) is 0.857. The highest BCUT2D eigenvalue weighted by molar-refractivity contribution is 6.33. The molecule has 0 saturated heterocycles. The lowest BCUT2D eigenvalue weighted by molar-refractivity contribution is -0.300. The summed E-state index contributed by atoms with van der Waals surface area (Å²) >= 11 is 0. The first kappa shape index (κ1) is 5.28. The van der Waals surface area contributed by atoms with Gasteiger partial charge >= 0.3 is 0 Å². The van der Waals surface area contributed by atoms with Gasteiger partial charge in [-0.05, 0) is 12.8 Å². The monoisotopic (exact) mass is 113 g/mol. The molecule has 0 unspecified atom stereocenters. The number of aliphatic carboxylic acids is 1. The number of ketones is 1. The minimum Gasteiger partial charge on any atom is -0.542 e. The average Bonchev–Trinajstić information content (AvgIpc) is 2.43. The predicted octanol–water partition coefficient (Wildman–Crippen LogP) is -1.28. The van der Waals surface area contributed by atoms with E-state index in [1.54, 1.807) is 0 Å². The van der Waals surface area contributed by atoms with Crippen molar-refractivity contribution in [2.75, 3.05) is 0 Å². The van der Waals surface area contributed by atoms with E-state index in [9.17, 15) is 14.7 Å². The van der Waals surface area contributed by atoms with Crippen molar-refractivity contribution < 1.29 is 14.7 Å². The van der Waals surface area contributed by atoms with Gasteiger partial charge in [0.2, 0.25) is 0 Å². The van der Waals surface area contributed by atoms with Crippen molar-refractivity contribution in [3.05, 3.63) is 0 Å². The van der Waals surface area contributed by atoms with E-state index in [-0.39, 0.29) is 5.92 Å². The molecule has 0 N–H and O–H groups in total. The Morgan fingerprint density at radius 1 is 1.38 bits per heavy atom. The van der Waals surface area contributed by atoms with Crippen molar-refractivity contribution in [3.8, 4) is 0 Å². The molecule has 3 nitrogen and oxygen atoms in total. The van der Waals surface area contributed by atoms with Crippen LogP contribution in [0.3, 0.4) is 0 Å². The Hall–Kier alpha value is -0.860. The van der Waals surface area contributed by atoms with Crippen LogP contribution in [0.5, 0.6) is 0 Å². The zero-order valence-electron chi connectivity index (χ0n) is 4.22. The fraction of sp³-hybridized carbons (Fsp3) is 0.600. The minimum absolute atomic E-state index is 0.208. The number of carboxylic acids is 1. The van der Waals surface area contributed by atoms with Crippen LogP contribution in [0, 0.1) is 5.92 Å². The highest BCUT2D eigenvalue weighted by Crippen LogP contribution is 2.29. The Bertz CT molecular complexity index is 135. The van der Waals surface area contributed by atoms with Gasteiger partial charge in [-0.2, -0.15) is 0 Å². The summed E-state index contributed by atoms with van der Waals surface area (Å²) in [7, 11) is 0. The molecule has 1 fully saturated rings. The molecule has 0 heterocycles. The van der Waals surface area contributed by atoms with Crippen LogP contribution in [-0.4, -0.2) is 11.8 Å². The molecule has 1 aliphatic carbocycles. The van der Waals surface area contributed by atoms with Gasteiger partial charge in [0, 0.05) is 5.92 Å². The Labute approximate surface area is 46.3 Å². The Kier molecular flexibility index (Phi) is 1.04. The standard InChI is InChI=1S/C5H6O3/c6-4(5(7)8)3-1-2-3/h3H,1-2H2,(H,7,8)/p-1. The zero-order chi connectivity index (χ0) is 6.15. The van der Waals surface area contributed by atoms with Gasteiger partial charge in [-0.3, -0.25) is 4.79 Å². The Balaban J connectivity index is 2.45. The molecule has 0 aliphatic heterocycles. The van der Waals surface area contributed by atoms with Crippen LogP contribution < -0.4 is 5.11 Å². The lowest BCUT2D eigenvalue weighted by Gasteiger charge is -1.94. The van der Waals surface area contributed by atoms with Crippen molar-refractivity contribution in [3.63, 3.8) is 0 Å². The number of carboxylic acid groups (broad SMARTS) is 1. The highest BCUT2D eigenvalue weighted by Gasteiger charge is 2.29. The van der Waals surface area contributed by atoms with Gasteiger partial charge in [0.05, 0.1) is 0 Å². The van der Waals surface area contributed by atoms with E-state index in [1.807, 2.05) is 0 Å². The van der Waals surface area contributed by atoms with Crippen LogP contribution in [0.2, 0.25) is 0 Å². The van der Waals surface area contributed by atoms with Gasteiger partial charge in [0.25, 0.3) is 0 Å². The van der Waals surface area contributed by atoms with E-state index in [1.165, 1.54) is 0 Å². The minimum atomic E-state index is -1.53. The second-order valence-corrected chi connectivity index (χ2v) is 1.93. The second-order valence-electron chi connectivity index (χ2n) is 1.93. The van der Waals surface area contributed by atoms with Crippen LogP contribution in [0.4, 0.5) is 0 Å². The predicted molar refractivity (Wildman–Crippen MR) is 22.7 cm³/mol. The van der Waals surface area contributed by atoms with E-state index in [4.69, 9.17) is 0 Å². The Morgan fingerprint density at radius 2 is 1.88 bits per heavy atom. The van der Waals surface area contributed by atoms with Crippen molar-refractivity contribution >= 4 is 11.8 Å². The van der Waals surface area contributed by atoms with Crippen molar-refractivity contribution in [1.29, 1.82) is 0 Å². The SMILES string of the molecule is O=C([O-])C(=O)C1CC1. The van der Waals surface area contributed by atoms with Crippen LogP contribution in [0.25, 0.3) is 0 Å². The summed E-state index contributed by atoms with van der Waals surface area (Å²) in [6, 6.07) is 0. The van der Waals surface area contributed by atoms with Gasteiger partial charge in [-0.15, -0.1) is 0 Å². The molecule has 0 bridgehead atoms. The molecule has 0 radical (unpaired) electrons. The van der Waals surface area contributed by atoms with E-state index < -0.39 is 11.8 Å². The third-order valence-corrected chi connectivity index (χ3v) is 1.15. The van der Waals surface area contributed by atoms with E-state index in [0.29, 0.717) is 0 Å². The molecule has 0 spiro atoms. The second kappa shape index (κ2) is 1.58. The van der Waals surface area contributed by atoms with Crippen LogP contribution in [0.1, 0.15) is 12.8 Å². The number of carbonyl (C=O) groups excluding carboxylic acids is 2. The van der Waals surface area contributed by atoms with Crippen LogP contribution in [-0.2, 0) is 9.59 Å². The van der Waals surface area contributed by atoms with E-state index >= 15 is 0 Å². The van der Waals surface area contributed by atoms with Crippen molar-refractivity contribution in [1.82, 2.24) is 0 Å². The summed E-state index contributed by atoms with van der Waals surface area (Å²) in [6.45, 7) is 0. The molecular weight excluding hydrogens is 108 g/mol. The maximum atomic E-state index is 10.2. The van der Waals surface area contributed by atoms with Crippen molar-refractivity contribution in [2.24, 2.45) is 5.92 Å². The van der Waals surface area contributed by atoms with E-state index in [2.05, 4.69) is 0 Å². The van der Waals surface area contributed by atoms with Gasteiger partial charge < -0.3 is 9.90 Å². The summed E-state index contributed by atoms with van der Waals surface area (Å²) in [5.41, 5.74) is 0. The molecular formula is C5H5O3-. The molecule has 44 valence electrons. The molecule has 8 heavy (non-hydrogen) atoms. The topological polar surface area (TPSA) is 57.2 Å². The third-order valence-electron chi connectivity index (χ3n) is 1.15. The summed E-state index contributed by atoms with van der Waals surface area (Å²) in [4.78, 5) is 20.0. The molecule has 0 aromatic heterocycles. The zero-order valence-corrected chi connectivity index (χ0v) is 4.22. The molecule has 0 atom stereocenters. The molecule has 1 rings (SSSR count). The number of hydrogen-bond donors (Lipinski definition) is 0. The molecule has 0 aromatic carbocycles. The maximum absolute atomic E-state index is 10.2. The fourth-order valence-electron chi connectivity index (χ4n) is 0.512. The summed E-state index contributed by atoms with van der Waals surface area (Å²) < 4.78 is 0. The summed E-state index contributed by atoms with van der Waals surface area (Å²) in [5, 5.41) is 9.72. The van der Waals surface area contributed by atoms with Crippen LogP contribution >= 0.6 is 0 Å². The largest absolute Gasteiger partial charge is 0.542 e. The Morgan fingerprint density at radius 3 is 2.00 bits per heavy atom. The molecule has 3 heteroatoms. The highest BCUT2D eigenvalue weighted by atomic mass is 16.4. The first-order valence-electron chi connectivity index (χ1n) is 2.47. The molecule has 0 aromatic rings. The maximum Gasteiger partial charge on any atom is 0.181 e. The smallest absolute Gasteiger partial charge is 0.181 e. The van der Waals surface area contributed by atoms with Gasteiger partial charge in [0.15, 0.2) is 5.78 Å². The number of rotatable bonds is 2. The molecule has 1 aliphatic rings. The van der Waals surface area contributed by atoms with Crippen molar-refractivity contribution in [2.45, 2.75) is 12.8 Å². The first-order valence-corrected chi connectivity index (χ1v) is 2.47. The summed E-state index contributed by atoms with van der Waals surface area (Å²) in [6.07, 6.45) is 1.46. The number of carbonyl (C=O) groups is 2. The van der Waals surface area contributed by atoms with E-state index in [0.717, 1.165) is 12.8 Å². The molecule has 0 amide bonds. The van der Waals surface area contributed by atoms with Gasteiger partial charge in [-0.25, -0.2) is 0 Å². The molecule has 1 saturated carbocycles.